The number of thiocarbonyl (C=S) groups is 1. The predicted molar refractivity (Wildman–Crippen MR) is 112 cm³/mol. The van der Waals surface area contributed by atoms with E-state index in [9.17, 15) is 14.9 Å². The summed E-state index contributed by atoms with van der Waals surface area (Å²) in [5, 5.41) is 16.4. The van der Waals surface area contributed by atoms with Gasteiger partial charge in [0.15, 0.2) is 5.11 Å². The van der Waals surface area contributed by atoms with E-state index in [1.807, 2.05) is 13.8 Å². The number of nitrogens with one attached hydrogen (secondary N) is 2. The van der Waals surface area contributed by atoms with Gasteiger partial charge in [-0.2, -0.15) is 0 Å². The van der Waals surface area contributed by atoms with Gasteiger partial charge in [-0.3, -0.25) is 20.2 Å². The number of benzene rings is 2. The Bertz CT molecular complexity index is 908. The number of amides is 1. The van der Waals surface area contributed by atoms with Crippen LogP contribution in [0.25, 0.3) is 0 Å². The quantitative estimate of drug-likeness (QED) is 0.364. The van der Waals surface area contributed by atoms with Crippen molar-refractivity contribution in [1.29, 1.82) is 0 Å². The topological polar surface area (TPSA) is 93.5 Å². The lowest BCUT2D eigenvalue weighted by molar-refractivity contribution is -0.383. The molecule has 0 saturated heterocycles. The minimum atomic E-state index is -0.596. The van der Waals surface area contributed by atoms with Crippen LogP contribution in [0.5, 0.6) is 5.75 Å². The van der Waals surface area contributed by atoms with Gasteiger partial charge in [-0.15, -0.1) is 0 Å². The molecule has 2 N–H and O–H groups in total. The van der Waals surface area contributed by atoms with Crippen molar-refractivity contribution in [3.05, 3.63) is 61.6 Å². The van der Waals surface area contributed by atoms with E-state index < -0.39 is 10.8 Å². The second-order valence-electron chi connectivity index (χ2n) is 5.63. The molecule has 0 aliphatic carbocycles. The molecule has 2 aromatic carbocycles. The van der Waals surface area contributed by atoms with Crippen molar-refractivity contribution in [3.8, 4) is 5.75 Å². The third kappa shape index (κ3) is 5.88. The van der Waals surface area contributed by atoms with E-state index in [1.165, 1.54) is 18.2 Å². The Balaban J connectivity index is 2.19. The highest BCUT2D eigenvalue weighted by Gasteiger charge is 2.18. The van der Waals surface area contributed by atoms with Crippen LogP contribution in [0.2, 0.25) is 5.02 Å². The number of rotatable bonds is 5. The fourth-order valence-electron chi connectivity index (χ4n) is 2.12. The lowest BCUT2D eigenvalue weighted by Crippen LogP contribution is -2.34. The minimum absolute atomic E-state index is 0.0964. The third-order valence-corrected chi connectivity index (χ3v) is 4.11. The first-order valence-corrected chi connectivity index (χ1v) is 9.27. The highest BCUT2D eigenvalue weighted by Crippen LogP contribution is 2.28. The number of carbonyl (C=O) groups excluding carboxylic acids is 1. The van der Waals surface area contributed by atoms with Gasteiger partial charge in [0, 0.05) is 15.6 Å². The molecule has 0 spiro atoms. The van der Waals surface area contributed by atoms with Gasteiger partial charge in [-0.25, -0.2) is 0 Å². The Morgan fingerprint density at radius 2 is 2.00 bits per heavy atom. The van der Waals surface area contributed by atoms with E-state index >= 15 is 0 Å². The summed E-state index contributed by atoms with van der Waals surface area (Å²) < 4.78 is 6.33. The van der Waals surface area contributed by atoms with Crippen LogP contribution in [-0.4, -0.2) is 22.0 Å². The number of hydrogen-bond acceptors (Lipinski definition) is 5. The van der Waals surface area contributed by atoms with Gasteiger partial charge in [0.05, 0.1) is 16.6 Å². The van der Waals surface area contributed by atoms with Crippen molar-refractivity contribution < 1.29 is 14.5 Å². The summed E-state index contributed by atoms with van der Waals surface area (Å²) in [5.74, 6) is -0.118. The number of nitrogens with zero attached hydrogens (tertiary/aromatic N) is 1. The summed E-state index contributed by atoms with van der Waals surface area (Å²) >= 11 is 14.2. The summed E-state index contributed by atoms with van der Waals surface area (Å²) in [6.07, 6.45) is -0.125. The molecule has 0 bridgehead atoms. The predicted octanol–water partition coefficient (Wildman–Crippen LogP) is 4.92. The molecule has 0 radical (unpaired) electrons. The van der Waals surface area contributed by atoms with Gasteiger partial charge in [0.25, 0.3) is 11.6 Å². The van der Waals surface area contributed by atoms with Crippen molar-refractivity contribution in [2.45, 2.75) is 20.0 Å². The molecule has 0 atom stereocenters. The number of nitro benzene ring substituents is 1. The Morgan fingerprint density at radius 1 is 1.30 bits per heavy atom. The van der Waals surface area contributed by atoms with E-state index in [-0.39, 0.29) is 33.2 Å². The van der Waals surface area contributed by atoms with Crippen molar-refractivity contribution in [2.24, 2.45) is 0 Å². The third-order valence-electron chi connectivity index (χ3n) is 3.18. The smallest absolute Gasteiger partial charge is 0.294 e. The van der Waals surface area contributed by atoms with Gasteiger partial charge in [0.1, 0.15) is 11.4 Å². The number of ether oxygens (including phenoxy) is 1. The van der Waals surface area contributed by atoms with Crippen LogP contribution in [0.4, 0.5) is 11.4 Å². The maximum Gasteiger partial charge on any atom is 0.294 e. The number of hydrogen-bond donors (Lipinski definition) is 2. The average molecular weight is 473 g/mol. The van der Waals surface area contributed by atoms with Gasteiger partial charge < -0.3 is 10.1 Å². The summed E-state index contributed by atoms with van der Waals surface area (Å²) in [6, 6.07) is 9.09. The zero-order valence-corrected chi connectivity index (χ0v) is 17.4. The molecule has 2 aromatic rings. The molecule has 0 aliphatic rings. The first-order chi connectivity index (χ1) is 12.7. The summed E-state index contributed by atoms with van der Waals surface area (Å²) in [5.41, 5.74) is 0.126. The first kappa shape index (κ1) is 21.1. The number of anilines is 1. The van der Waals surface area contributed by atoms with Crippen molar-refractivity contribution in [1.82, 2.24) is 5.32 Å². The Morgan fingerprint density at radius 3 is 2.63 bits per heavy atom. The Hall–Kier alpha value is -2.23. The lowest BCUT2D eigenvalue weighted by Gasteiger charge is -2.15. The monoisotopic (exact) mass is 471 g/mol. The number of nitro groups is 1. The van der Waals surface area contributed by atoms with E-state index in [0.29, 0.717) is 10.2 Å². The van der Waals surface area contributed by atoms with Crippen molar-refractivity contribution in [3.63, 3.8) is 0 Å². The Labute approximate surface area is 174 Å². The highest BCUT2D eigenvalue weighted by molar-refractivity contribution is 9.10. The van der Waals surface area contributed by atoms with Gasteiger partial charge in [-0.05, 0) is 56.4 Å². The molecule has 0 aromatic heterocycles. The molecule has 7 nitrogen and oxygen atoms in total. The second-order valence-corrected chi connectivity index (χ2v) is 7.39. The van der Waals surface area contributed by atoms with E-state index in [4.69, 9.17) is 28.6 Å². The zero-order valence-electron chi connectivity index (χ0n) is 14.3. The van der Waals surface area contributed by atoms with Crippen LogP contribution in [0.3, 0.4) is 0 Å². The van der Waals surface area contributed by atoms with Crippen molar-refractivity contribution >= 4 is 62.1 Å². The molecule has 2 rings (SSSR count). The maximum absolute atomic E-state index is 12.6. The largest absolute Gasteiger partial charge is 0.490 e. The number of carbonyl (C=O) groups is 1. The van der Waals surface area contributed by atoms with E-state index in [2.05, 4.69) is 26.6 Å². The highest BCUT2D eigenvalue weighted by atomic mass is 79.9. The average Bonchev–Trinajstić information content (AvgIpc) is 2.57. The van der Waals surface area contributed by atoms with Gasteiger partial charge in [-0.1, -0.05) is 27.5 Å². The first-order valence-electron chi connectivity index (χ1n) is 7.70. The van der Waals surface area contributed by atoms with Crippen LogP contribution in [0, 0.1) is 10.1 Å². The molecular formula is C17H15BrClN3O4S. The molecular weight excluding hydrogens is 458 g/mol. The molecule has 142 valence electrons. The molecule has 27 heavy (non-hydrogen) atoms. The Kier molecular flexibility index (Phi) is 7.11. The van der Waals surface area contributed by atoms with Crippen LogP contribution < -0.4 is 15.4 Å². The molecule has 0 heterocycles. The summed E-state index contributed by atoms with van der Waals surface area (Å²) in [7, 11) is 0. The molecule has 0 fully saturated rings. The maximum atomic E-state index is 12.6. The van der Waals surface area contributed by atoms with Crippen LogP contribution in [0.15, 0.2) is 40.9 Å². The normalized spacial score (nSPS) is 10.4. The van der Waals surface area contributed by atoms with Crippen LogP contribution in [-0.2, 0) is 0 Å². The zero-order chi connectivity index (χ0) is 20.1. The summed E-state index contributed by atoms with van der Waals surface area (Å²) in [4.78, 5) is 23.1. The van der Waals surface area contributed by atoms with E-state index in [1.54, 1.807) is 18.2 Å². The fourth-order valence-corrected chi connectivity index (χ4v) is 2.85. The molecule has 0 aliphatic heterocycles. The van der Waals surface area contributed by atoms with Crippen LogP contribution >= 0.6 is 39.7 Å². The molecule has 0 unspecified atom stereocenters. The SMILES string of the molecule is CC(C)Oc1ccc(Br)cc1C(=O)NC(=S)Nc1ccc(Cl)cc1[N+](=O)[O-]. The lowest BCUT2D eigenvalue weighted by atomic mass is 10.2. The fraction of sp³-hybridized carbons (Fsp3) is 0.176. The summed E-state index contributed by atoms with van der Waals surface area (Å²) in [6.45, 7) is 3.69. The molecule has 1 amide bonds. The molecule has 10 heteroatoms. The standard InChI is InChI=1S/C17H15BrClN3O4S/c1-9(2)26-15-6-3-10(18)7-12(15)16(23)21-17(27)20-13-5-4-11(19)8-14(13)22(24)25/h3-9H,1-2H3,(H2,20,21,23,27). The van der Waals surface area contributed by atoms with Gasteiger partial charge >= 0.3 is 0 Å². The number of halogens is 2. The second kappa shape index (κ2) is 9.12. The van der Waals surface area contributed by atoms with Crippen molar-refractivity contribution in [2.75, 3.05) is 5.32 Å². The van der Waals surface area contributed by atoms with Gasteiger partial charge in [0.2, 0.25) is 0 Å². The molecule has 0 saturated carbocycles. The minimum Gasteiger partial charge on any atom is -0.490 e. The van der Waals surface area contributed by atoms with E-state index in [0.717, 1.165) is 0 Å². The van der Waals surface area contributed by atoms with Crippen LogP contribution in [0.1, 0.15) is 24.2 Å².